The molecule has 0 radical (unpaired) electrons. The molecule has 1 aliphatic heterocycles. The van der Waals surface area contributed by atoms with Crippen molar-refractivity contribution in [2.75, 3.05) is 39.8 Å². The van der Waals surface area contributed by atoms with Gasteiger partial charge < -0.3 is 25.6 Å². The topological polar surface area (TPSA) is 100 Å². The minimum absolute atomic E-state index is 0.135. The number of carbonyl (C=O) groups excluding carboxylic acids is 2. The van der Waals surface area contributed by atoms with E-state index in [2.05, 4.69) is 10.3 Å². The van der Waals surface area contributed by atoms with E-state index in [1.165, 1.54) is 0 Å². The summed E-state index contributed by atoms with van der Waals surface area (Å²) in [5, 5.41) is 2.97. The molecule has 0 bridgehead atoms. The molecule has 3 N–H and O–H groups in total. The molecule has 0 aromatic carbocycles. The minimum atomic E-state index is -0.496. The summed E-state index contributed by atoms with van der Waals surface area (Å²) in [5.41, 5.74) is 5.03. The Kier molecular flexibility index (Phi) is 7.81. The zero-order chi connectivity index (χ0) is 18.2. The van der Waals surface area contributed by atoms with Crippen LogP contribution < -0.4 is 11.1 Å². The SMILES string of the molecule is CN=C(N)NCCCCC(=O)N1CCN(C(=O)OC(C)(C)C)CC1. The van der Waals surface area contributed by atoms with Crippen LogP contribution in [0.2, 0.25) is 0 Å². The van der Waals surface area contributed by atoms with Gasteiger partial charge in [0, 0.05) is 46.2 Å². The summed E-state index contributed by atoms with van der Waals surface area (Å²) in [5.74, 6) is 0.551. The number of aliphatic imine (C=N–C) groups is 1. The van der Waals surface area contributed by atoms with E-state index in [4.69, 9.17) is 10.5 Å². The molecule has 1 heterocycles. The highest BCUT2D eigenvalue weighted by atomic mass is 16.6. The fourth-order valence-corrected chi connectivity index (χ4v) is 2.32. The highest BCUT2D eigenvalue weighted by molar-refractivity contribution is 5.78. The first-order chi connectivity index (χ1) is 11.2. The van der Waals surface area contributed by atoms with Crippen LogP contribution >= 0.6 is 0 Å². The van der Waals surface area contributed by atoms with Crippen LogP contribution in [0.3, 0.4) is 0 Å². The molecule has 0 aliphatic carbocycles. The molecule has 8 heteroatoms. The number of ether oxygens (including phenoxy) is 1. The first-order valence-corrected chi connectivity index (χ1v) is 8.45. The fourth-order valence-electron chi connectivity index (χ4n) is 2.32. The normalized spacial score (nSPS) is 16.1. The van der Waals surface area contributed by atoms with Crippen LogP contribution in [0.5, 0.6) is 0 Å². The van der Waals surface area contributed by atoms with Crippen LogP contribution in [0, 0.1) is 0 Å². The smallest absolute Gasteiger partial charge is 0.410 e. The van der Waals surface area contributed by atoms with Gasteiger partial charge in [-0.3, -0.25) is 9.79 Å². The van der Waals surface area contributed by atoms with Crippen molar-refractivity contribution < 1.29 is 14.3 Å². The molecule has 24 heavy (non-hydrogen) atoms. The Morgan fingerprint density at radius 3 is 2.25 bits per heavy atom. The van der Waals surface area contributed by atoms with E-state index in [1.807, 2.05) is 25.7 Å². The summed E-state index contributed by atoms with van der Waals surface area (Å²) in [6.07, 6.45) is 1.86. The maximum absolute atomic E-state index is 12.2. The third kappa shape index (κ3) is 7.52. The molecule has 0 atom stereocenters. The lowest BCUT2D eigenvalue weighted by atomic mass is 10.2. The summed E-state index contributed by atoms with van der Waals surface area (Å²) < 4.78 is 5.35. The molecule has 0 spiro atoms. The quantitative estimate of drug-likeness (QED) is 0.437. The van der Waals surface area contributed by atoms with Crippen LogP contribution in [0.1, 0.15) is 40.0 Å². The lowest BCUT2D eigenvalue weighted by Crippen LogP contribution is -2.51. The second-order valence-corrected chi connectivity index (χ2v) is 6.84. The van der Waals surface area contributed by atoms with Crippen LogP contribution in [-0.4, -0.2) is 73.1 Å². The maximum atomic E-state index is 12.2. The zero-order valence-corrected chi connectivity index (χ0v) is 15.3. The number of guanidine groups is 1. The summed E-state index contributed by atoms with van der Waals surface area (Å²) in [4.78, 5) is 31.4. The molecular weight excluding hydrogens is 310 g/mol. The third-order valence-corrected chi connectivity index (χ3v) is 3.65. The van der Waals surface area contributed by atoms with Crippen molar-refractivity contribution in [2.24, 2.45) is 10.7 Å². The van der Waals surface area contributed by atoms with Gasteiger partial charge in [-0.05, 0) is 33.6 Å². The van der Waals surface area contributed by atoms with E-state index in [-0.39, 0.29) is 12.0 Å². The fraction of sp³-hybridized carbons (Fsp3) is 0.812. The van der Waals surface area contributed by atoms with Gasteiger partial charge in [0.1, 0.15) is 5.60 Å². The number of hydrogen-bond acceptors (Lipinski definition) is 4. The minimum Gasteiger partial charge on any atom is -0.444 e. The van der Waals surface area contributed by atoms with Crippen molar-refractivity contribution in [3.8, 4) is 0 Å². The lowest BCUT2D eigenvalue weighted by Gasteiger charge is -2.35. The van der Waals surface area contributed by atoms with Crippen LogP contribution in [-0.2, 0) is 9.53 Å². The van der Waals surface area contributed by atoms with E-state index in [0.29, 0.717) is 45.1 Å². The molecule has 0 aromatic rings. The molecule has 0 saturated carbocycles. The molecule has 8 nitrogen and oxygen atoms in total. The number of nitrogens with zero attached hydrogens (tertiary/aromatic N) is 3. The number of rotatable bonds is 5. The Bertz CT molecular complexity index is 451. The number of amides is 2. The Balaban J connectivity index is 2.22. The van der Waals surface area contributed by atoms with E-state index >= 15 is 0 Å². The standard InChI is InChI=1S/C16H31N5O3/c1-16(2,3)24-15(23)21-11-9-20(10-12-21)13(22)7-5-6-8-19-14(17)18-4/h5-12H2,1-4H3,(H3,17,18,19). The van der Waals surface area contributed by atoms with Gasteiger partial charge in [0.05, 0.1) is 0 Å². The van der Waals surface area contributed by atoms with Crippen molar-refractivity contribution in [1.29, 1.82) is 0 Å². The van der Waals surface area contributed by atoms with Crippen LogP contribution in [0.25, 0.3) is 0 Å². The Morgan fingerprint density at radius 1 is 1.12 bits per heavy atom. The van der Waals surface area contributed by atoms with Gasteiger partial charge in [-0.15, -0.1) is 0 Å². The van der Waals surface area contributed by atoms with Gasteiger partial charge in [-0.25, -0.2) is 4.79 Å². The number of piperazine rings is 1. The monoisotopic (exact) mass is 341 g/mol. The predicted molar refractivity (Wildman–Crippen MR) is 93.8 cm³/mol. The Hall–Kier alpha value is -1.99. The molecule has 0 aromatic heterocycles. The molecule has 1 saturated heterocycles. The van der Waals surface area contributed by atoms with E-state index in [9.17, 15) is 9.59 Å². The molecular formula is C16H31N5O3. The molecule has 1 fully saturated rings. The average Bonchev–Trinajstić information content (AvgIpc) is 2.52. The van der Waals surface area contributed by atoms with Crippen LogP contribution in [0.15, 0.2) is 4.99 Å². The summed E-state index contributed by atoms with van der Waals surface area (Å²) in [7, 11) is 1.63. The van der Waals surface area contributed by atoms with Gasteiger partial charge in [-0.1, -0.05) is 0 Å². The molecule has 1 aliphatic rings. The number of carbonyl (C=O) groups is 2. The van der Waals surface area contributed by atoms with Crippen molar-refractivity contribution in [2.45, 2.75) is 45.6 Å². The maximum Gasteiger partial charge on any atom is 0.410 e. The van der Waals surface area contributed by atoms with E-state index < -0.39 is 5.60 Å². The summed E-state index contributed by atoms with van der Waals surface area (Å²) in [6, 6.07) is 0. The second-order valence-electron chi connectivity index (χ2n) is 6.84. The lowest BCUT2D eigenvalue weighted by molar-refractivity contribution is -0.133. The Morgan fingerprint density at radius 2 is 1.71 bits per heavy atom. The zero-order valence-electron chi connectivity index (χ0n) is 15.3. The van der Waals surface area contributed by atoms with Gasteiger partial charge in [0.2, 0.25) is 5.91 Å². The van der Waals surface area contributed by atoms with Crippen molar-refractivity contribution in [1.82, 2.24) is 15.1 Å². The molecule has 1 rings (SSSR count). The number of nitrogens with two attached hydrogens (primary N) is 1. The highest BCUT2D eigenvalue weighted by Gasteiger charge is 2.27. The second kappa shape index (κ2) is 9.34. The average molecular weight is 341 g/mol. The van der Waals surface area contributed by atoms with Crippen molar-refractivity contribution in [3.63, 3.8) is 0 Å². The molecule has 0 unspecified atom stereocenters. The highest BCUT2D eigenvalue weighted by Crippen LogP contribution is 2.12. The molecule has 138 valence electrons. The van der Waals surface area contributed by atoms with Gasteiger partial charge >= 0.3 is 6.09 Å². The van der Waals surface area contributed by atoms with E-state index in [1.54, 1.807) is 11.9 Å². The summed E-state index contributed by atoms with van der Waals surface area (Å²) in [6.45, 7) is 8.41. The van der Waals surface area contributed by atoms with Gasteiger partial charge in [0.25, 0.3) is 0 Å². The number of nitrogens with one attached hydrogen (secondary N) is 1. The largest absolute Gasteiger partial charge is 0.444 e. The first-order valence-electron chi connectivity index (χ1n) is 8.45. The van der Waals surface area contributed by atoms with Gasteiger partial charge in [0.15, 0.2) is 5.96 Å². The van der Waals surface area contributed by atoms with Crippen molar-refractivity contribution >= 4 is 18.0 Å². The first kappa shape index (κ1) is 20.1. The number of hydrogen-bond donors (Lipinski definition) is 2. The number of unbranched alkanes of at least 4 members (excludes halogenated alkanes) is 1. The van der Waals surface area contributed by atoms with Crippen LogP contribution in [0.4, 0.5) is 4.79 Å². The predicted octanol–water partition coefficient (Wildman–Crippen LogP) is 0.770. The van der Waals surface area contributed by atoms with E-state index in [0.717, 1.165) is 12.8 Å². The third-order valence-electron chi connectivity index (χ3n) is 3.65. The van der Waals surface area contributed by atoms with Gasteiger partial charge in [-0.2, -0.15) is 0 Å². The van der Waals surface area contributed by atoms with Crippen molar-refractivity contribution in [3.05, 3.63) is 0 Å². The Labute approximate surface area is 144 Å². The molecule has 2 amide bonds. The summed E-state index contributed by atoms with van der Waals surface area (Å²) >= 11 is 0.